The summed E-state index contributed by atoms with van der Waals surface area (Å²) in [5.74, 6) is 2.14. The zero-order valence-corrected chi connectivity index (χ0v) is 15.8. The lowest BCUT2D eigenvalue weighted by Gasteiger charge is -2.30. The second kappa shape index (κ2) is 9.50. The summed E-state index contributed by atoms with van der Waals surface area (Å²) in [5.41, 5.74) is 6.51. The zero-order chi connectivity index (χ0) is 19.1. The van der Waals surface area contributed by atoms with Crippen molar-refractivity contribution in [2.24, 2.45) is 11.7 Å². The molecule has 3 rings (SSSR count). The molecule has 1 amide bonds. The fraction of sp³-hybridized carbons (Fsp3) is 0.550. The Morgan fingerprint density at radius 3 is 2.67 bits per heavy atom. The summed E-state index contributed by atoms with van der Waals surface area (Å²) in [6, 6.07) is 7.10. The minimum atomic E-state index is -0.0895. The molecular formula is C20H28N4O3. The number of nitrogens with two attached hydrogens (primary N) is 1. The second-order valence-corrected chi connectivity index (χ2v) is 6.98. The Bertz CT molecular complexity index is 723. The van der Waals surface area contributed by atoms with Crippen LogP contribution in [0.2, 0.25) is 0 Å². The molecule has 7 nitrogen and oxygen atoms in total. The van der Waals surface area contributed by atoms with Crippen molar-refractivity contribution in [1.29, 1.82) is 0 Å². The summed E-state index contributed by atoms with van der Waals surface area (Å²) in [5, 5.41) is 6.95. The molecule has 3 N–H and O–H groups in total. The molecule has 27 heavy (non-hydrogen) atoms. The molecule has 1 heterocycles. The Labute approximate surface area is 159 Å². The second-order valence-electron chi connectivity index (χ2n) is 6.98. The van der Waals surface area contributed by atoms with Crippen LogP contribution in [-0.4, -0.2) is 28.6 Å². The van der Waals surface area contributed by atoms with Gasteiger partial charge in [-0.2, -0.15) is 4.98 Å². The molecule has 2 aromatic rings. The van der Waals surface area contributed by atoms with E-state index >= 15 is 0 Å². The first-order valence-electron chi connectivity index (χ1n) is 9.75. The van der Waals surface area contributed by atoms with Gasteiger partial charge in [0.05, 0.1) is 0 Å². The third-order valence-corrected chi connectivity index (χ3v) is 5.09. The zero-order valence-electron chi connectivity index (χ0n) is 15.8. The first-order valence-corrected chi connectivity index (χ1v) is 9.75. The molecule has 146 valence electrons. The van der Waals surface area contributed by atoms with Crippen LogP contribution in [0, 0.1) is 5.92 Å². The van der Waals surface area contributed by atoms with Crippen molar-refractivity contribution < 1.29 is 14.1 Å². The summed E-state index contributed by atoms with van der Waals surface area (Å²) >= 11 is 0. The van der Waals surface area contributed by atoms with E-state index in [-0.39, 0.29) is 18.6 Å². The van der Waals surface area contributed by atoms with E-state index in [2.05, 4.69) is 15.5 Å². The quantitative estimate of drug-likeness (QED) is 0.738. The molecular weight excluding hydrogens is 344 g/mol. The normalized spacial score (nSPS) is 16.1. The van der Waals surface area contributed by atoms with Crippen LogP contribution in [0.5, 0.6) is 5.75 Å². The Morgan fingerprint density at radius 1 is 1.30 bits per heavy atom. The van der Waals surface area contributed by atoms with Crippen molar-refractivity contribution in [2.75, 3.05) is 6.54 Å². The SMILES string of the molecule is CCc1nc(COc2ccc(C(=O)NC(CN)C3CCCCC3)cc2)no1. The predicted molar refractivity (Wildman–Crippen MR) is 101 cm³/mol. The maximum absolute atomic E-state index is 12.5. The van der Waals surface area contributed by atoms with Gasteiger partial charge in [-0.05, 0) is 43.0 Å². The first kappa shape index (κ1) is 19.4. The van der Waals surface area contributed by atoms with Crippen molar-refractivity contribution in [1.82, 2.24) is 15.5 Å². The first-order chi connectivity index (χ1) is 13.2. The highest BCUT2D eigenvalue weighted by atomic mass is 16.5. The van der Waals surface area contributed by atoms with Gasteiger partial charge in [0.1, 0.15) is 5.75 Å². The highest BCUT2D eigenvalue weighted by Crippen LogP contribution is 2.26. The van der Waals surface area contributed by atoms with Gasteiger partial charge in [0, 0.05) is 24.6 Å². The van der Waals surface area contributed by atoms with Crippen LogP contribution in [0.4, 0.5) is 0 Å². The maximum Gasteiger partial charge on any atom is 0.251 e. The van der Waals surface area contributed by atoms with Crippen molar-refractivity contribution in [3.05, 3.63) is 41.5 Å². The summed E-state index contributed by atoms with van der Waals surface area (Å²) in [7, 11) is 0. The van der Waals surface area contributed by atoms with Gasteiger partial charge in [0.2, 0.25) is 11.7 Å². The monoisotopic (exact) mass is 372 g/mol. The van der Waals surface area contributed by atoms with Crippen LogP contribution >= 0.6 is 0 Å². The number of amides is 1. The van der Waals surface area contributed by atoms with Gasteiger partial charge in [-0.3, -0.25) is 4.79 Å². The van der Waals surface area contributed by atoms with Gasteiger partial charge in [-0.15, -0.1) is 0 Å². The van der Waals surface area contributed by atoms with Crippen LogP contribution in [0.1, 0.15) is 61.1 Å². The number of hydrogen-bond donors (Lipinski definition) is 2. The van der Waals surface area contributed by atoms with E-state index in [1.165, 1.54) is 19.3 Å². The number of aromatic nitrogens is 2. The molecule has 0 saturated heterocycles. The molecule has 1 aliphatic rings. The number of ether oxygens (including phenoxy) is 1. The Hall–Kier alpha value is -2.41. The topological polar surface area (TPSA) is 103 Å². The lowest BCUT2D eigenvalue weighted by atomic mass is 9.84. The fourth-order valence-corrected chi connectivity index (χ4v) is 3.50. The predicted octanol–water partition coefficient (Wildman–Crippen LogP) is 2.85. The Kier molecular flexibility index (Phi) is 6.81. The molecule has 0 bridgehead atoms. The van der Waals surface area contributed by atoms with E-state index in [1.54, 1.807) is 24.3 Å². The third-order valence-electron chi connectivity index (χ3n) is 5.09. The van der Waals surface area contributed by atoms with Crippen LogP contribution in [-0.2, 0) is 13.0 Å². The van der Waals surface area contributed by atoms with Crippen LogP contribution in [0.3, 0.4) is 0 Å². The highest BCUT2D eigenvalue weighted by molar-refractivity contribution is 5.94. The van der Waals surface area contributed by atoms with Gasteiger partial charge < -0.3 is 20.3 Å². The number of hydrogen-bond acceptors (Lipinski definition) is 6. The van der Waals surface area contributed by atoms with E-state index in [9.17, 15) is 4.79 Å². The smallest absolute Gasteiger partial charge is 0.251 e. The van der Waals surface area contributed by atoms with Crippen LogP contribution < -0.4 is 15.8 Å². The fourth-order valence-electron chi connectivity index (χ4n) is 3.50. The molecule has 1 atom stereocenters. The molecule has 0 radical (unpaired) electrons. The van der Waals surface area contributed by atoms with Gasteiger partial charge in [0.15, 0.2) is 6.61 Å². The third kappa shape index (κ3) is 5.29. The largest absolute Gasteiger partial charge is 0.485 e. The minimum absolute atomic E-state index is 0.0414. The number of carbonyl (C=O) groups excluding carboxylic acids is 1. The Morgan fingerprint density at radius 2 is 2.04 bits per heavy atom. The lowest BCUT2D eigenvalue weighted by Crippen LogP contribution is -2.45. The molecule has 1 aromatic carbocycles. The molecule has 1 aromatic heterocycles. The number of nitrogens with zero attached hydrogens (tertiary/aromatic N) is 2. The molecule has 7 heteroatoms. The van der Waals surface area contributed by atoms with E-state index in [1.807, 2.05) is 6.92 Å². The minimum Gasteiger partial charge on any atom is -0.485 e. The molecule has 1 aliphatic carbocycles. The Balaban J connectivity index is 1.53. The number of carbonyl (C=O) groups is 1. The molecule has 1 fully saturated rings. The molecule has 1 unspecified atom stereocenters. The average Bonchev–Trinajstić information content (AvgIpc) is 3.19. The number of aryl methyl sites for hydroxylation is 1. The number of benzene rings is 1. The van der Waals surface area contributed by atoms with E-state index in [0.717, 1.165) is 12.8 Å². The highest BCUT2D eigenvalue weighted by Gasteiger charge is 2.24. The summed E-state index contributed by atoms with van der Waals surface area (Å²) in [6.07, 6.45) is 6.72. The average molecular weight is 372 g/mol. The molecule has 0 aliphatic heterocycles. The molecule has 1 saturated carbocycles. The van der Waals surface area contributed by atoms with Gasteiger partial charge in [-0.1, -0.05) is 31.3 Å². The van der Waals surface area contributed by atoms with Crippen molar-refractivity contribution >= 4 is 5.91 Å². The lowest BCUT2D eigenvalue weighted by molar-refractivity contribution is 0.0915. The number of nitrogens with one attached hydrogen (secondary N) is 1. The van der Waals surface area contributed by atoms with E-state index < -0.39 is 0 Å². The van der Waals surface area contributed by atoms with Crippen molar-refractivity contribution in [2.45, 2.75) is 58.1 Å². The summed E-state index contributed by atoms with van der Waals surface area (Å²) < 4.78 is 10.7. The number of rotatable bonds is 8. The van der Waals surface area contributed by atoms with Crippen molar-refractivity contribution in [3.8, 4) is 5.75 Å². The van der Waals surface area contributed by atoms with Crippen LogP contribution in [0.15, 0.2) is 28.8 Å². The molecule has 0 spiro atoms. The van der Waals surface area contributed by atoms with Crippen molar-refractivity contribution in [3.63, 3.8) is 0 Å². The van der Waals surface area contributed by atoms with E-state index in [4.69, 9.17) is 15.0 Å². The summed E-state index contributed by atoms with van der Waals surface area (Å²) in [6.45, 7) is 2.65. The van der Waals surface area contributed by atoms with Gasteiger partial charge in [0.25, 0.3) is 5.91 Å². The van der Waals surface area contributed by atoms with Gasteiger partial charge >= 0.3 is 0 Å². The maximum atomic E-state index is 12.5. The summed E-state index contributed by atoms with van der Waals surface area (Å²) in [4.78, 5) is 16.7. The van der Waals surface area contributed by atoms with Gasteiger partial charge in [-0.25, -0.2) is 0 Å². The van der Waals surface area contributed by atoms with Crippen LogP contribution in [0.25, 0.3) is 0 Å². The van der Waals surface area contributed by atoms with E-state index in [0.29, 0.717) is 41.9 Å². The standard InChI is InChI=1S/C20H28N4O3/c1-2-19-23-18(24-27-19)13-26-16-10-8-15(9-11-16)20(25)22-17(12-21)14-6-4-3-5-7-14/h8-11,14,17H,2-7,12-13,21H2,1H3,(H,22,25).